The zero-order valence-corrected chi connectivity index (χ0v) is 18.7. The van der Waals surface area contributed by atoms with E-state index < -0.39 is 23.5 Å². The normalized spacial score (nSPS) is 16.5. The fourth-order valence-electron chi connectivity index (χ4n) is 3.70. The first kappa shape index (κ1) is 23.1. The Kier molecular flexibility index (Phi) is 7.37. The van der Waals surface area contributed by atoms with Crippen LogP contribution in [0.15, 0.2) is 58.4 Å². The number of ketones is 1. The van der Waals surface area contributed by atoms with Crippen LogP contribution in [0.25, 0.3) is 6.08 Å². The zero-order valence-electron chi connectivity index (χ0n) is 18.7. The maximum atomic E-state index is 13.2. The summed E-state index contributed by atoms with van der Waals surface area (Å²) >= 11 is 0. The van der Waals surface area contributed by atoms with Crippen LogP contribution in [0, 0.1) is 0 Å². The summed E-state index contributed by atoms with van der Waals surface area (Å²) < 4.78 is 16.1. The Morgan fingerprint density at radius 2 is 2.03 bits per heavy atom. The largest absolute Gasteiger partial charge is 0.503 e. The van der Waals surface area contributed by atoms with E-state index in [0.717, 1.165) is 6.54 Å². The van der Waals surface area contributed by atoms with Gasteiger partial charge in [0.1, 0.15) is 17.3 Å². The minimum atomic E-state index is -0.816. The highest BCUT2D eigenvalue weighted by Gasteiger charge is 2.44. The third-order valence-electron chi connectivity index (χ3n) is 5.25. The van der Waals surface area contributed by atoms with Crippen molar-refractivity contribution in [3.05, 3.63) is 65.3 Å². The quantitative estimate of drug-likeness (QED) is 0.567. The number of aliphatic hydroxyl groups is 1. The molecule has 8 heteroatoms. The SMILES string of the molecule is COc1ccc(OC)c(C2C(C(=O)C=Cc3ccco3)=C(O)C(=O)N2CCCN(C)C)c1. The number of nitrogens with zero attached hydrogens (tertiary/aromatic N) is 2. The predicted molar refractivity (Wildman–Crippen MR) is 120 cm³/mol. The molecule has 1 unspecified atom stereocenters. The summed E-state index contributed by atoms with van der Waals surface area (Å²) in [6.07, 6.45) is 4.96. The van der Waals surface area contributed by atoms with E-state index in [-0.39, 0.29) is 5.57 Å². The summed E-state index contributed by atoms with van der Waals surface area (Å²) in [5, 5.41) is 10.7. The molecule has 0 fully saturated rings. The second kappa shape index (κ2) is 10.2. The van der Waals surface area contributed by atoms with Crippen molar-refractivity contribution in [1.29, 1.82) is 0 Å². The van der Waals surface area contributed by atoms with Gasteiger partial charge in [0.2, 0.25) is 0 Å². The van der Waals surface area contributed by atoms with Gasteiger partial charge in [0.05, 0.1) is 32.1 Å². The zero-order chi connectivity index (χ0) is 23.3. The summed E-state index contributed by atoms with van der Waals surface area (Å²) in [5.74, 6) is -0.118. The predicted octanol–water partition coefficient (Wildman–Crippen LogP) is 3.23. The van der Waals surface area contributed by atoms with Crippen LogP contribution in [0.2, 0.25) is 0 Å². The van der Waals surface area contributed by atoms with Crippen molar-refractivity contribution in [3.8, 4) is 11.5 Å². The molecule has 0 spiro atoms. The van der Waals surface area contributed by atoms with E-state index >= 15 is 0 Å². The highest BCUT2D eigenvalue weighted by atomic mass is 16.5. The summed E-state index contributed by atoms with van der Waals surface area (Å²) in [5.41, 5.74) is 0.554. The van der Waals surface area contributed by atoms with Crippen LogP contribution in [0.4, 0.5) is 0 Å². The molecule has 1 atom stereocenters. The first-order chi connectivity index (χ1) is 15.4. The molecule has 1 N–H and O–H groups in total. The smallest absolute Gasteiger partial charge is 0.290 e. The molecule has 3 rings (SSSR count). The summed E-state index contributed by atoms with van der Waals surface area (Å²) in [6.45, 7) is 1.10. The number of amides is 1. The Balaban J connectivity index is 2.04. The van der Waals surface area contributed by atoms with E-state index in [2.05, 4.69) is 0 Å². The monoisotopic (exact) mass is 440 g/mol. The molecule has 1 aliphatic rings. The topological polar surface area (TPSA) is 92.4 Å². The summed E-state index contributed by atoms with van der Waals surface area (Å²) in [4.78, 5) is 29.7. The van der Waals surface area contributed by atoms with Crippen LogP contribution in [-0.2, 0) is 9.59 Å². The van der Waals surface area contributed by atoms with Crippen LogP contribution in [0.5, 0.6) is 11.5 Å². The van der Waals surface area contributed by atoms with Gasteiger partial charge >= 0.3 is 0 Å². The maximum absolute atomic E-state index is 13.2. The van der Waals surface area contributed by atoms with Gasteiger partial charge in [-0.2, -0.15) is 0 Å². The minimum Gasteiger partial charge on any atom is -0.503 e. The maximum Gasteiger partial charge on any atom is 0.290 e. The number of benzene rings is 1. The van der Waals surface area contributed by atoms with Crippen molar-refractivity contribution in [2.45, 2.75) is 12.5 Å². The van der Waals surface area contributed by atoms with Crippen molar-refractivity contribution in [1.82, 2.24) is 9.80 Å². The molecule has 32 heavy (non-hydrogen) atoms. The number of aliphatic hydroxyl groups excluding tert-OH is 1. The number of rotatable bonds is 10. The van der Waals surface area contributed by atoms with Gasteiger partial charge in [0, 0.05) is 12.1 Å². The average molecular weight is 440 g/mol. The number of hydrogen-bond acceptors (Lipinski definition) is 7. The Hall–Kier alpha value is -3.52. The van der Waals surface area contributed by atoms with Crippen LogP contribution in [0.3, 0.4) is 0 Å². The summed E-state index contributed by atoms with van der Waals surface area (Å²) in [6, 6.07) is 7.76. The van der Waals surface area contributed by atoms with Crippen LogP contribution in [-0.4, -0.2) is 68.0 Å². The molecule has 0 bridgehead atoms. The number of carbonyl (C=O) groups excluding carboxylic acids is 2. The number of ether oxygens (including phenoxy) is 2. The van der Waals surface area contributed by atoms with Gasteiger partial charge in [0.15, 0.2) is 11.5 Å². The molecule has 0 saturated carbocycles. The van der Waals surface area contributed by atoms with Crippen molar-refractivity contribution in [2.75, 3.05) is 41.4 Å². The van der Waals surface area contributed by atoms with Crippen LogP contribution in [0.1, 0.15) is 23.8 Å². The molecule has 1 aromatic heterocycles. The molecule has 2 heterocycles. The number of furan rings is 1. The number of methoxy groups -OCH3 is 2. The van der Waals surface area contributed by atoms with E-state index in [0.29, 0.717) is 35.8 Å². The molecular weight excluding hydrogens is 412 g/mol. The Morgan fingerprint density at radius 3 is 2.66 bits per heavy atom. The second-order valence-corrected chi connectivity index (χ2v) is 7.64. The van der Waals surface area contributed by atoms with Crippen LogP contribution >= 0.6 is 0 Å². The van der Waals surface area contributed by atoms with Crippen LogP contribution < -0.4 is 9.47 Å². The van der Waals surface area contributed by atoms with Gasteiger partial charge in [-0.05, 0) is 69.5 Å². The molecule has 170 valence electrons. The second-order valence-electron chi connectivity index (χ2n) is 7.64. The standard InChI is InChI=1S/C24H28N2O6/c1-25(2)12-6-13-26-22(18-15-17(30-3)9-11-20(18)31-4)21(23(28)24(26)29)19(27)10-8-16-7-5-14-32-16/h5,7-11,14-15,22,28H,6,12-13H2,1-4H3. The lowest BCUT2D eigenvalue weighted by Gasteiger charge is -2.28. The number of hydrogen-bond donors (Lipinski definition) is 1. The number of allylic oxidation sites excluding steroid dienone is 1. The summed E-state index contributed by atoms with van der Waals surface area (Å²) in [7, 11) is 6.93. The average Bonchev–Trinajstić information content (AvgIpc) is 3.39. The molecular formula is C24H28N2O6. The molecule has 0 saturated heterocycles. The van der Waals surface area contributed by atoms with Gasteiger partial charge in [-0.1, -0.05) is 0 Å². The van der Waals surface area contributed by atoms with Gasteiger partial charge in [-0.3, -0.25) is 9.59 Å². The van der Waals surface area contributed by atoms with Gasteiger partial charge < -0.3 is 28.8 Å². The van der Waals surface area contributed by atoms with Gasteiger partial charge in [0.25, 0.3) is 5.91 Å². The van der Waals surface area contributed by atoms with E-state index in [4.69, 9.17) is 13.9 Å². The van der Waals surface area contributed by atoms with Gasteiger partial charge in [-0.15, -0.1) is 0 Å². The third kappa shape index (κ3) is 4.86. The lowest BCUT2D eigenvalue weighted by Crippen LogP contribution is -2.33. The minimum absolute atomic E-state index is 0.00536. The van der Waals surface area contributed by atoms with Gasteiger partial charge in [-0.25, -0.2) is 0 Å². The van der Waals surface area contributed by atoms with E-state index in [1.807, 2.05) is 19.0 Å². The Labute approximate surface area is 187 Å². The third-order valence-corrected chi connectivity index (χ3v) is 5.25. The molecule has 1 aromatic carbocycles. The lowest BCUT2D eigenvalue weighted by molar-refractivity contribution is -0.129. The first-order valence-electron chi connectivity index (χ1n) is 10.2. The first-order valence-corrected chi connectivity index (χ1v) is 10.2. The fourth-order valence-corrected chi connectivity index (χ4v) is 3.70. The molecule has 8 nitrogen and oxygen atoms in total. The van der Waals surface area contributed by atoms with Crippen molar-refractivity contribution < 1.29 is 28.6 Å². The Bertz CT molecular complexity index is 1020. The molecule has 1 aliphatic heterocycles. The number of carbonyl (C=O) groups is 2. The van der Waals surface area contributed by atoms with Crippen molar-refractivity contribution >= 4 is 17.8 Å². The van der Waals surface area contributed by atoms with E-state index in [1.165, 1.54) is 37.5 Å². The lowest BCUT2D eigenvalue weighted by atomic mass is 9.94. The molecule has 0 aliphatic carbocycles. The van der Waals surface area contributed by atoms with Crippen molar-refractivity contribution in [3.63, 3.8) is 0 Å². The van der Waals surface area contributed by atoms with E-state index in [1.54, 1.807) is 30.3 Å². The highest BCUT2D eigenvalue weighted by Crippen LogP contribution is 2.43. The van der Waals surface area contributed by atoms with Crippen molar-refractivity contribution in [2.24, 2.45) is 0 Å². The Morgan fingerprint density at radius 1 is 1.25 bits per heavy atom. The molecule has 1 amide bonds. The highest BCUT2D eigenvalue weighted by molar-refractivity contribution is 6.14. The van der Waals surface area contributed by atoms with E-state index in [9.17, 15) is 14.7 Å². The molecule has 2 aromatic rings. The fraction of sp³-hybridized carbons (Fsp3) is 0.333. The molecule has 0 radical (unpaired) electrons.